The second-order valence-corrected chi connectivity index (χ2v) is 8.52. The van der Waals surface area contributed by atoms with Crippen molar-refractivity contribution in [3.63, 3.8) is 0 Å². The number of hydrogen-bond acceptors (Lipinski definition) is 9. The highest BCUT2D eigenvalue weighted by molar-refractivity contribution is 6.26. The summed E-state index contributed by atoms with van der Waals surface area (Å²) in [6, 6.07) is 1.49. The number of benzene rings is 1. The largest absolute Gasteiger partial charge is 0.507 e. The molecule has 0 spiro atoms. The lowest BCUT2D eigenvalue weighted by Crippen LogP contribution is -2.39. The van der Waals surface area contributed by atoms with Crippen molar-refractivity contribution in [1.82, 2.24) is 0 Å². The summed E-state index contributed by atoms with van der Waals surface area (Å²) in [6.07, 6.45) is -3.81. The lowest BCUT2D eigenvalue weighted by molar-refractivity contribution is -0.229. The summed E-state index contributed by atoms with van der Waals surface area (Å²) in [7, 11) is 0. The van der Waals surface area contributed by atoms with Crippen LogP contribution in [0.5, 0.6) is 5.75 Å². The van der Waals surface area contributed by atoms with Gasteiger partial charge in [-0.2, -0.15) is 0 Å². The molecule has 168 valence electrons. The second-order valence-electron chi connectivity index (χ2n) is 8.52. The van der Waals surface area contributed by atoms with Gasteiger partial charge in [-0.05, 0) is 31.1 Å². The van der Waals surface area contributed by atoms with Crippen LogP contribution in [0.4, 0.5) is 0 Å². The fourth-order valence-electron chi connectivity index (χ4n) is 4.69. The number of Topliss-reactive ketones (excluding diaryl/α,β-unsaturated/α-hetero) is 1. The maximum Gasteiger partial charge on any atom is 0.196 e. The number of fused-ring (bicyclic) bond motifs is 2. The van der Waals surface area contributed by atoms with Crippen LogP contribution in [0.25, 0.3) is 0 Å². The van der Waals surface area contributed by atoms with Crippen molar-refractivity contribution in [2.24, 2.45) is 0 Å². The molecule has 0 amide bonds. The Labute approximate surface area is 178 Å². The molecule has 1 aromatic carbocycles. The van der Waals surface area contributed by atoms with Crippen LogP contribution in [-0.4, -0.2) is 73.9 Å². The Hall–Kier alpha value is -2.14. The maximum atomic E-state index is 13.3. The second kappa shape index (κ2) is 7.77. The summed E-state index contributed by atoms with van der Waals surface area (Å²) in [5.74, 6) is -3.15. The number of phenolic OH excluding ortho intramolecular Hbond substituents is 1. The number of hydrogen-bond donors (Lipinski definition) is 5. The fourth-order valence-corrected chi connectivity index (χ4v) is 4.69. The Morgan fingerprint density at radius 3 is 2.55 bits per heavy atom. The Kier molecular flexibility index (Phi) is 5.53. The first kappa shape index (κ1) is 22.1. The highest BCUT2D eigenvalue weighted by atomic mass is 16.6. The minimum atomic E-state index is -1.52. The smallest absolute Gasteiger partial charge is 0.196 e. The number of aliphatic hydroxyl groups is 4. The highest BCUT2D eigenvalue weighted by Crippen LogP contribution is 2.46. The van der Waals surface area contributed by atoms with Crippen molar-refractivity contribution < 1.29 is 44.6 Å². The van der Waals surface area contributed by atoms with Crippen LogP contribution in [0, 0.1) is 0 Å². The molecule has 2 aliphatic heterocycles. The van der Waals surface area contributed by atoms with E-state index in [9.17, 15) is 35.1 Å². The van der Waals surface area contributed by atoms with Gasteiger partial charge in [-0.25, -0.2) is 0 Å². The normalized spacial score (nSPS) is 35.0. The molecule has 6 atom stereocenters. The Morgan fingerprint density at radius 2 is 1.94 bits per heavy atom. The van der Waals surface area contributed by atoms with Crippen molar-refractivity contribution in [1.29, 1.82) is 0 Å². The van der Waals surface area contributed by atoms with Crippen LogP contribution in [0.2, 0.25) is 0 Å². The van der Waals surface area contributed by atoms with Crippen molar-refractivity contribution in [2.75, 3.05) is 6.61 Å². The van der Waals surface area contributed by atoms with Crippen LogP contribution in [0.3, 0.4) is 0 Å². The van der Waals surface area contributed by atoms with E-state index in [0.717, 1.165) is 6.08 Å². The topological polar surface area (TPSA) is 154 Å². The monoisotopic (exact) mass is 434 g/mol. The molecule has 31 heavy (non-hydrogen) atoms. The zero-order valence-electron chi connectivity index (χ0n) is 17.2. The molecule has 0 aromatic heterocycles. The lowest BCUT2D eigenvalue weighted by Gasteiger charge is -2.37. The molecule has 0 bridgehead atoms. The number of carbonyl (C=O) groups is 2. The number of aromatic hydroxyl groups is 1. The molecule has 9 heteroatoms. The van der Waals surface area contributed by atoms with E-state index in [2.05, 4.69) is 0 Å². The van der Waals surface area contributed by atoms with E-state index in [0.29, 0.717) is 24.0 Å². The molecule has 0 radical (unpaired) electrons. The summed E-state index contributed by atoms with van der Waals surface area (Å²) >= 11 is 0. The molecule has 1 saturated heterocycles. The van der Waals surface area contributed by atoms with Gasteiger partial charge in [0.15, 0.2) is 17.4 Å². The van der Waals surface area contributed by atoms with Crippen LogP contribution in [0.1, 0.15) is 64.6 Å². The van der Waals surface area contributed by atoms with Gasteiger partial charge in [-0.3, -0.25) is 9.59 Å². The number of rotatable bonds is 4. The number of allylic oxidation sites excluding steroid dienone is 1. The summed E-state index contributed by atoms with van der Waals surface area (Å²) in [6.45, 7) is 2.84. The quantitative estimate of drug-likeness (QED) is 0.450. The van der Waals surface area contributed by atoms with Crippen LogP contribution < -0.4 is 0 Å². The molecular weight excluding hydrogens is 408 g/mol. The van der Waals surface area contributed by atoms with Gasteiger partial charge in [0.1, 0.15) is 30.2 Å². The standard InChI is InChI=1S/C22H26O9/c1-3-4-13-15-9(7-22(2,29)31-13)5-10-12(24)6-11(17(25)16(10)19(15)27)21-20(28)18(26)14(8-23)30-21/h5-6,13-14,18,20-21,23,26-29H,3-4,7-8H2,1-2H3/t13-,14-,18-,20-,21+,22+/m1/s1. The first-order valence-corrected chi connectivity index (χ1v) is 10.3. The Bertz CT molecular complexity index is 964. The van der Waals surface area contributed by atoms with E-state index in [1.807, 2.05) is 6.92 Å². The summed E-state index contributed by atoms with van der Waals surface area (Å²) < 4.78 is 11.1. The third kappa shape index (κ3) is 3.51. The SMILES string of the molecule is CCC[C@H]1O[C@](C)(O)Cc2cc3c(c(O)c21)C(=O)C([C@@H]1O[C@H](CO)[C@@H](O)[C@H]1O)=CC3=O. The summed E-state index contributed by atoms with van der Waals surface area (Å²) in [5, 5.41) is 51.1. The molecule has 1 aromatic rings. The summed E-state index contributed by atoms with van der Waals surface area (Å²) in [5.41, 5.74) is 0.452. The van der Waals surface area contributed by atoms with E-state index in [1.165, 1.54) is 13.0 Å². The molecule has 0 unspecified atom stereocenters. The van der Waals surface area contributed by atoms with Gasteiger partial charge < -0.3 is 35.0 Å². The van der Waals surface area contributed by atoms with E-state index >= 15 is 0 Å². The van der Waals surface area contributed by atoms with Gasteiger partial charge in [0.05, 0.1) is 18.3 Å². The number of ether oxygens (including phenoxy) is 2. The van der Waals surface area contributed by atoms with Crippen LogP contribution in [0.15, 0.2) is 17.7 Å². The zero-order chi connectivity index (χ0) is 22.7. The van der Waals surface area contributed by atoms with Crippen molar-refractivity contribution in [3.05, 3.63) is 40.0 Å². The van der Waals surface area contributed by atoms with E-state index in [-0.39, 0.29) is 23.1 Å². The van der Waals surface area contributed by atoms with Crippen molar-refractivity contribution >= 4 is 11.6 Å². The maximum absolute atomic E-state index is 13.3. The molecule has 2 heterocycles. The fraction of sp³-hybridized carbons (Fsp3) is 0.545. The van der Waals surface area contributed by atoms with Crippen LogP contribution >= 0.6 is 0 Å². The molecule has 9 nitrogen and oxygen atoms in total. The molecule has 1 aliphatic carbocycles. The van der Waals surface area contributed by atoms with Gasteiger partial charge in [-0.15, -0.1) is 0 Å². The average Bonchev–Trinajstić information content (AvgIpc) is 2.97. The van der Waals surface area contributed by atoms with Crippen LogP contribution in [-0.2, 0) is 15.9 Å². The molecular formula is C22H26O9. The van der Waals surface area contributed by atoms with Gasteiger partial charge in [0.2, 0.25) is 0 Å². The third-order valence-electron chi connectivity index (χ3n) is 6.10. The first-order chi connectivity index (χ1) is 14.6. The van der Waals surface area contributed by atoms with E-state index < -0.39 is 60.2 Å². The molecule has 1 fully saturated rings. The highest BCUT2D eigenvalue weighted by Gasteiger charge is 2.48. The predicted octanol–water partition coefficient (Wildman–Crippen LogP) is 0.301. The van der Waals surface area contributed by atoms with E-state index in [4.69, 9.17) is 9.47 Å². The average molecular weight is 434 g/mol. The Balaban J connectivity index is 1.80. The third-order valence-corrected chi connectivity index (χ3v) is 6.10. The van der Waals surface area contributed by atoms with E-state index in [1.54, 1.807) is 0 Å². The van der Waals surface area contributed by atoms with Gasteiger partial charge >= 0.3 is 0 Å². The molecule has 5 N–H and O–H groups in total. The summed E-state index contributed by atoms with van der Waals surface area (Å²) in [4.78, 5) is 26.2. The molecule has 3 aliphatic rings. The predicted molar refractivity (Wildman–Crippen MR) is 106 cm³/mol. The van der Waals surface area contributed by atoms with Crippen molar-refractivity contribution in [2.45, 2.75) is 69.4 Å². The molecule has 4 rings (SSSR count). The number of aliphatic hydroxyl groups excluding tert-OH is 3. The minimum absolute atomic E-state index is 0.00954. The van der Waals surface area contributed by atoms with Gasteiger partial charge in [0.25, 0.3) is 0 Å². The van der Waals surface area contributed by atoms with Crippen molar-refractivity contribution in [3.8, 4) is 5.75 Å². The van der Waals surface area contributed by atoms with Gasteiger partial charge in [0, 0.05) is 23.1 Å². The molecule has 0 saturated carbocycles. The van der Waals surface area contributed by atoms with Gasteiger partial charge in [-0.1, -0.05) is 13.3 Å². The lowest BCUT2D eigenvalue weighted by atomic mass is 9.79. The number of phenols is 1. The Morgan fingerprint density at radius 1 is 1.23 bits per heavy atom. The first-order valence-electron chi connectivity index (χ1n) is 10.3. The number of ketones is 2. The number of carbonyl (C=O) groups excluding carboxylic acids is 2. The minimum Gasteiger partial charge on any atom is -0.507 e. The zero-order valence-corrected chi connectivity index (χ0v) is 17.2.